The molecule has 4 aromatic rings. The van der Waals surface area contributed by atoms with Crippen molar-refractivity contribution >= 4 is 23.4 Å². The average Bonchev–Trinajstić information content (AvgIpc) is 3.15. The largest absolute Gasteiger partial charge is 0.337 e. The number of nitrogen functional groups attached to an aromatic ring is 1. The van der Waals surface area contributed by atoms with E-state index < -0.39 is 0 Å². The molecule has 3 N–H and O–H groups in total. The summed E-state index contributed by atoms with van der Waals surface area (Å²) < 4.78 is 1.47. The van der Waals surface area contributed by atoms with E-state index in [0.29, 0.717) is 5.16 Å². The molecule has 5 nitrogen and oxygen atoms in total. The summed E-state index contributed by atoms with van der Waals surface area (Å²) in [4.78, 5) is 17.5. The van der Waals surface area contributed by atoms with Crippen LogP contribution in [0.25, 0.3) is 22.4 Å². The van der Waals surface area contributed by atoms with Gasteiger partial charge in [0.2, 0.25) is 5.91 Å². The van der Waals surface area contributed by atoms with Crippen LogP contribution >= 0.6 is 11.8 Å². The number of rotatable bonds is 6. The molecule has 0 bridgehead atoms. The quantitative estimate of drug-likeness (QED) is 0.342. The van der Waals surface area contributed by atoms with Crippen LogP contribution in [0, 0.1) is 0 Å². The zero-order valence-electron chi connectivity index (χ0n) is 16.5. The maximum absolute atomic E-state index is 12.9. The van der Waals surface area contributed by atoms with Gasteiger partial charge in [0.25, 0.3) is 0 Å². The van der Waals surface area contributed by atoms with Crippen LogP contribution in [0.4, 0.5) is 5.69 Å². The molecule has 1 aromatic heterocycles. The van der Waals surface area contributed by atoms with E-state index in [0.717, 1.165) is 28.1 Å². The molecule has 0 saturated carbocycles. The number of thioether (sulfide) groups is 1. The van der Waals surface area contributed by atoms with Crippen LogP contribution in [0.15, 0.2) is 96.3 Å². The number of carbonyl (C=O) groups is 1. The Kier molecular flexibility index (Phi) is 5.86. The van der Waals surface area contributed by atoms with Crippen molar-refractivity contribution in [1.29, 1.82) is 0 Å². The van der Waals surface area contributed by atoms with Gasteiger partial charge in [0.05, 0.1) is 17.1 Å². The Bertz CT molecular complexity index is 1140. The van der Waals surface area contributed by atoms with Crippen molar-refractivity contribution in [3.63, 3.8) is 0 Å². The van der Waals surface area contributed by atoms with Gasteiger partial charge < -0.3 is 11.2 Å². The Morgan fingerprint density at radius 2 is 1.53 bits per heavy atom. The summed E-state index contributed by atoms with van der Waals surface area (Å²) in [6.07, 6.45) is 1.77. The third kappa shape index (κ3) is 4.39. The Hall–Kier alpha value is -3.51. The minimum Gasteiger partial charge on any atom is -0.337 e. The van der Waals surface area contributed by atoms with E-state index in [-0.39, 0.29) is 11.2 Å². The second-order valence-electron chi connectivity index (χ2n) is 6.84. The lowest BCUT2D eigenvalue weighted by molar-refractivity contribution is -0.115. The van der Waals surface area contributed by atoms with Gasteiger partial charge in [-0.25, -0.2) is 9.66 Å². The van der Waals surface area contributed by atoms with Crippen LogP contribution in [-0.4, -0.2) is 20.8 Å². The maximum Gasteiger partial charge on any atom is 0.237 e. The van der Waals surface area contributed by atoms with Gasteiger partial charge in [-0.2, -0.15) is 0 Å². The Labute approximate surface area is 179 Å². The fourth-order valence-corrected chi connectivity index (χ4v) is 3.93. The predicted molar refractivity (Wildman–Crippen MR) is 124 cm³/mol. The van der Waals surface area contributed by atoms with Crippen molar-refractivity contribution in [3.8, 4) is 22.4 Å². The van der Waals surface area contributed by atoms with Crippen molar-refractivity contribution in [1.82, 2.24) is 9.66 Å². The van der Waals surface area contributed by atoms with E-state index in [2.05, 4.69) is 10.3 Å². The Morgan fingerprint density at radius 1 is 0.933 bits per heavy atom. The molecular formula is C24H22N4OS. The second kappa shape index (κ2) is 8.88. The first-order chi connectivity index (χ1) is 14.6. The van der Waals surface area contributed by atoms with E-state index in [1.54, 1.807) is 6.20 Å². The molecule has 6 heteroatoms. The van der Waals surface area contributed by atoms with E-state index in [9.17, 15) is 4.79 Å². The maximum atomic E-state index is 12.9. The molecule has 30 heavy (non-hydrogen) atoms. The highest BCUT2D eigenvalue weighted by Crippen LogP contribution is 2.30. The van der Waals surface area contributed by atoms with Gasteiger partial charge in [-0.15, -0.1) is 0 Å². The second-order valence-corrected chi connectivity index (χ2v) is 8.15. The highest BCUT2D eigenvalue weighted by Gasteiger charge is 2.19. The number of para-hydroxylation sites is 1. The van der Waals surface area contributed by atoms with Gasteiger partial charge in [-0.1, -0.05) is 90.6 Å². The number of hydrogen-bond donors (Lipinski definition) is 2. The van der Waals surface area contributed by atoms with Crippen LogP contribution in [-0.2, 0) is 4.79 Å². The Balaban J connectivity index is 1.49. The van der Waals surface area contributed by atoms with E-state index in [4.69, 9.17) is 5.84 Å². The molecule has 1 atom stereocenters. The first-order valence-corrected chi connectivity index (χ1v) is 10.5. The van der Waals surface area contributed by atoms with Crippen LogP contribution in [0.2, 0.25) is 0 Å². The SMILES string of the molecule is C[C@H](Sc1nc(-c2ccccc2)cn1N)C(=O)Nc1ccccc1-c1ccccc1. The molecule has 4 rings (SSSR count). The zero-order valence-corrected chi connectivity index (χ0v) is 17.3. The molecular weight excluding hydrogens is 392 g/mol. The molecule has 150 valence electrons. The summed E-state index contributed by atoms with van der Waals surface area (Å²) in [5.74, 6) is 5.98. The third-order valence-electron chi connectivity index (χ3n) is 4.69. The van der Waals surface area contributed by atoms with Gasteiger partial charge in [0.1, 0.15) is 0 Å². The molecule has 0 aliphatic carbocycles. The summed E-state index contributed by atoms with van der Waals surface area (Å²) in [5.41, 5.74) is 4.58. The van der Waals surface area contributed by atoms with Gasteiger partial charge in [0, 0.05) is 16.8 Å². The molecule has 1 heterocycles. The van der Waals surface area contributed by atoms with E-state index in [1.165, 1.54) is 16.4 Å². The van der Waals surface area contributed by atoms with E-state index >= 15 is 0 Å². The highest BCUT2D eigenvalue weighted by atomic mass is 32.2. The summed E-state index contributed by atoms with van der Waals surface area (Å²) >= 11 is 1.33. The van der Waals surface area contributed by atoms with Crippen LogP contribution in [0.1, 0.15) is 6.92 Å². The number of benzene rings is 3. The molecule has 0 spiro atoms. The number of imidazole rings is 1. The number of nitrogens with two attached hydrogens (primary N) is 1. The number of hydrogen-bond acceptors (Lipinski definition) is 4. The number of carbonyl (C=O) groups excluding carboxylic acids is 1. The van der Waals surface area contributed by atoms with Crippen LogP contribution < -0.4 is 11.2 Å². The third-order valence-corrected chi connectivity index (χ3v) is 5.77. The van der Waals surface area contributed by atoms with Crippen LogP contribution in [0.5, 0.6) is 0 Å². The first-order valence-electron chi connectivity index (χ1n) is 9.63. The van der Waals surface area contributed by atoms with Crippen molar-refractivity contribution in [2.45, 2.75) is 17.3 Å². The smallest absolute Gasteiger partial charge is 0.237 e. The molecule has 0 radical (unpaired) electrons. The van der Waals surface area contributed by atoms with Crippen molar-refractivity contribution < 1.29 is 4.79 Å². The van der Waals surface area contributed by atoms with Crippen molar-refractivity contribution in [2.24, 2.45) is 0 Å². The number of amides is 1. The predicted octanol–water partition coefficient (Wildman–Crippen LogP) is 5.05. The first kappa shape index (κ1) is 19.8. The van der Waals surface area contributed by atoms with Gasteiger partial charge in [-0.05, 0) is 18.6 Å². The summed E-state index contributed by atoms with van der Waals surface area (Å²) in [6, 6.07) is 27.6. The zero-order chi connectivity index (χ0) is 20.9. The molecule has 3 aromatic carbocycles. The summed E-state index contributed by atoms with van der Waals surface area (Å²) in [7, 11) is 0. The number of nitrogens with zero attached hydrogens (tertiary/aromatic N) is 2. The fraction of sp³-hybridized carbons (Fsp3) is 0.0833. The van der Waals surface area contributed by atoms with E-state index in [1.807, 2.05) is 91.9 Å². The molecule has 0 saturated heterocycles. The minimum absolute atomic E-state index is 0.104. The van der Waals surface area contributed by atoms with Gasteiger partial charge in [0.15, 0.2) is 5.16 Å². The number of aromatic nitrogens is 2. The van der Waals surface area contributed by atoms with Gasteiger partial charge >= 0.3 is 0 Å². The lowest BCUT2D eigenvalue weighted by Gasteiger charge is -2.14. The lowest BCUT2D eigenvalue weighted by atomic mass is 10.0. The normalized spacial score (nSPS) is 11.8. The highest BCUT2D eigenvalue weighted by molar-refractivity contribution is 8.00. The lowest BCUT2D eigenvalue weighted by Crippen LogP contribution is -2.23. The molecule has 1 amide bonds. The average molecular weight is 415 g/mol. The monoisotopic (exact) mass is 414 g/mol. The number of anilines is 1. The van der Waals surface area contributed by atoms with Crippen LogP contribution in [0.3, 0.4) is 0 Å². The molecule has 0 unspecified atom stereocenters. The standard InChI is InChI=1S/C24H22N4OS/c1-17(30-24-27-22(16-28(24)25)19-12-6-3-7-13-19)23(29)26-21-15-9-8-14-20(21)18-10-4-2-5-11-18/h2-17H,25H2,1H3,(H,26,29)/t17-/m0/s1. The Morgan fingerprint density at radius 3 is 2.23 bits per heavy atom. The molecule has 0 fully saturated rings. The summed E-state index contributed by atoms with van der Waals surface area (Å²) in [5, 5.41) is 3.27. The van der Waals surface area contributed by atoms with Gasteiger partial charge in [-0.3, -0.25) is 4.79 Å². The molecule has 0 aliphatic rings. The molecule has 0 aliphatic heterocycles. The topological polar surface area (TPSA) is 72.9 Å². The summed E-state index contributed by atoms with van der Waals surface area (Å²) in [6.45, 7) is 1.85. The van der Waals surface area contributed by atoms with Crippen molar-refractivity contribution in [2.75, 3.05) is 11.2 Å². The fourth-order valence-electron chi connectivity index (χ4n) is 3.12. The number of nitrogens with one attached hydrogen (secondary N) is 1. The van der Waals surface area contributed by atoms with Crippen molar-refractivity contribution in [3.05, 3.63) is 91.1 Å². The minimum atomic E-state index is -0.373.